The minimum atomic E-state index is 0.165. The molecule has 0 radical (unpaired) electrons. The van der Waals surface area contributed by atoms with Gasteiger partial charge in [-0.1, -0.05) is 63.7 Å². The van der Waals surface area contributed by atoms with E-state index >= 15 is 0 Å². The molecule has 3 nitrogen and oxygen atoms in total. The Morgan fingerprint density at radius 1 is 0.870 bits per heavy atom. The highest BCUT2D eigenvalue weighted by atomic mass is 35.5. The molecular formula is C16H9Cl4NO2. The number of nitrogens with zero attached hydrogens (tertiary/aromatic N) is 1. The van der Waals surface area contributed by atoms with Crippen molar-refractivity contribution in [1.82, 2.24) is 5.16 Å². The summed E-state index contributed by atoms with van der Waals surface area (Å²) in [4.78, 5) is 0. The summed E-state index contributed by atoms with van der Waals surface area (Å²) in [5.41, 5.74) is 1.59. The van der Waals surface area contributed by atoms with Crippen LogP contribution in [-0.4, -0.2) is 5.16 Å². The van der Waals surface area contributed by atoms with Gasteiger partial charge in [0.1, 0.15) is 18.1 Å². The highest BCUT2D eigenvalue weighted by Gasteiger charge is 2.10. The molecule has 118 valence electrons. The van der Waals surface area contributed by atoms with Crippen LogP contribution >= 0.6 is 46.4 Å². The zero-order chi connectivity index (χ0) is 16.4. The van der Waals surface area contributed by atoms with Gasteiger partial charge < -0.3 is 9.26 Å². The lowest BCUT2D eigenvalue weighted by Crippen LogP contribution is -1.94. The summed E-state index contributed by atoms with van der Waals surface area (Å²) >= 11 is 23.7. The Balaban J connectivity index is 1.72. The van der Waals surface area contributed by atoms with Crippen LogP contribution in [0.15, 0.2) is 47.0 Å². The number of hydrogen-bond acceptors (Lipinski definition) is 3. The lowest BCUT2D eigenvalue weighted by Gasteiger charge is -2.07. The molecule has 0 atom stereocenters. The van der Waals surface area contributed by atoms with Crippen LogP contribution in [0.25, 0.3) is 11.3 Å². The summed E-state index contributed by atoms with van der Waals surface area (Å²) in [6, 6.07) is 12.2. The molecule has 1 aromatic heterocycles. The van der Waals surface area contributed by atoms with Crippen molar-refractivity contribution in [2.75, 3.05) is 0 Å². The summed E-state index contributed by atoms with van der Waals surface area (Å²) in [5.74, 6) is 0.975. The summed E-state index contributed by atoms with van der Waals surface area (Å²) in [6.45, 7) is 0.165. The first-order chi connectivity index (χ1) is 11.0. The Labute approximate surface area is 152 Å². The van der Waals surface area contributed by atoms with Crippen LogP contribution < -0.4 is 4.74 Å². The van der Waals surface area contributed by atoms with E-state index in [4.69, 9.17) is 55.7 Å². The lowest BCUT2D eigenvalue weighted by molar-refractivity contribution is 0.250. The van der Waals surface area contributed by atoms with Gasteiger partial charge in [0, 0.05) is 22.7 Å². The zero-order valence-corrected chi connectivity index (χ0v) is 14.5. The second kappa shape index (κ2) is 7.02. The van der Waals surface area contributed by atoms with E-state index in [0.717, 1.165) is 5.56 Å². The van der Waals surface area contributed by atoms with Crippen LogP contribution in [0.4, 0.5) is 0 Å². The third kappa shape index (κ3) is 3.93. The quantitative estimate of drug-likeness (QED) is 0.476. The number of halogens is 4. The van der Waals surface area contributed by atoms with Gasteiger partial charge in [-0.3, -0.25) is 0 Å². The molecule has 0 fully saturated rings. The van der Waals surface area contributed by atoms with Crippen LogP contribution in [0.2, 0.25) is 20.1 Å². The van der Waals surface area contributed by atoms with Crippen LogP contribution in [0.5, 0.6) is 5.75 Å². The molecule has 0 aliphatic rings. The number of aromatic nitrogens is 1. The van der Waals surface area contributed by atoms with Crippen molar-refractivity contribution in [2.45, 2.75) is 6.61 Å². The fourth-order valence-electron chi connectivity index (χ4n) is 1.90. The summed E-state index contributed by atoms with van der Waals surface area (Å²) in [7, 11) is 0. The molecule has 0 saturated carbocycles. The van der Waals surface area contributed by atoms with Crippen molar-refractivity contribution in [1.29, 1.82) is 0 Å². The van der Waals surface area contributed by atoms with E-state index in [0.29, 0.717) is 37.3 Å². The molecule has 2 aromatic carbocycles. The Hall–Kier alpha value is -1.39. The van der Waals surface area contributed by atoms with Crippen molar-refractivity contribution in [3.63, 3.8) is 0 Å². The first kappa shape index (κ1) is 16.5. The second-order valence-electron chi connectivity index (χ2n) is 4.67. The molecule has 0 bridgehead atoms. The Morgan fingerprint density at radius 2 is 1.57 bits per heavy atom. The number of benzene rings is 2. The van der Waals surface area contributed by atoms with Gasteiger partial charge in [0.05, 0.1) is 15.1 Å². The molecule has 1 heterocycles. The van der Waals surface area contributed by atoms with Crippen LogP contribution in [0.1, 0.15) is 5.76 Å². The third-order valence-electron chi connectivity index (χ3n) is 3.04. The SMILES string of the molecule is Clc1ccc(-c2cc(COc3cc(Cl)c(Cl)cc3Cl)on2)cc1. The smallest absolute Gasteiger partial charge is 0.174 e. The van der Waals surface area contributed by atoms with Crippen molar-refractivity contribution in [3.8, 4) is 17.0 Å². The topological polar surface area (TPSA) is 35.3 Å². The largest absolute Gasteiger partial charge is 0.484 e. The maximum atomic E-state index is 6.06. The highest BCUT2D eigenvalue weighted by molar-refractivity contribution is 6.43. The molecule has 0 saturated heterocycles. The number of hydrogen-bond donors (Lipinski definition) is 0. The molecule has 0 unspecified atom stereocenters. The van der Waals surface area contributed by atoms with Crippen molar-refractivity contribution >= 4 is 46.4 Å². The van der Waals surface area contributed by atoms with E-state index in [2.05, 4.69) is 5.16 Å². The number of ether oxygens (including phenoxy) is 1. The molecule has 3 rings (SSSR count). The molecule has 0 aliphatic heterocycles. The predicted octanol–water partition coefficient (Wildman–Crippen LogP) is 6.53. The average molecular weight is 389 g/mol. The third-order valence-corrected chi connectivity index (χ3v) is 4.31. The van der Waals surface area contributed by atoms with Gasteiger partial charge in [0.25, 0.3) is 0 Å². The van der Waals surface area contributed by atoms with Crippen molar-refractivity contribution < 1.29 is 9.26 Å². The van der Waals surface area contributed by atoms with Gasteiger partial charge in [-0.25, -0.2) is 0 Å². The fourth-order valence-corrected chi connectivity index (χ4v) is 2.62. The Kier molecular flexibility index (Phi) is 5.02. The van der Waals surface area contributed by atoms with Crippen molar-refractivity contribution in [3.05, 3.63) is 68.3 Å². The molecule has 7 heteroatoms. The summed E-state index contributed by atoms with van der Waals surface area (Å²) in [5, 5.41) is 5.77. The molecule has 3 aromatic rings. The van der Waals surface area contributed by atoms with Gasteiger partial charge in [-0.2, -0.15) is 0 Å². The van der Waals surface area contributed by atoms with Gasteiger partial charge >= 0.3 is 0 Å². The van der Waals surface area contributed by atoms with E-state index in [1.807, 2.05) is 12.1 Å². The molecule has 23 heavy (non-hydrogen) atoms. The minimum Gasteiger partial charge on any atom is -0.484 e. The predicted molar refractivity (Wildman–Crippen MR) is 92.8 cm³/mol. The van der Waals surface area contributed by atoms with E-state index in [-0.39, 0.29) is 6.61 Å². The van der Waals surface area contributed by atoms with E-state index in [1.54, 1.807) is 24.3 Å². The molecular weight excluding hydrogens is 380 g/mol. The highest BCUT2D eigenvalue weighted by Crippen LogP contribution is 2.34. The van der Waals surface area contributed by atoms with Crippen LogP contribution in [0, 0.1) is 0 Å². The van der Waals surface area contributed by atoms with Crippen LogP contribution in [-0.2, 0) is 6.61 Å². The van der Waals surface area contributed by atoms with Gasteiger partial charge in [-0.05, 0) is 18.2 Å². The lowest BCUT2D eigenvalue weighted by atomic mass is 10.1. The van der Waals surface area contributed by atoms with Gasteiger partial charge in [-0.15, -0.1) is 0 Å². The monoisotopic (exact) mass is 387 g/mol. The first-order valence-electron chi connectivity index (χ1n) is 6.52. The van der Waals surface area contributed by atoms with Gasteiger partial charge in [0.15, 0.2) is 5.76 Å². The Morgan fingerprint density at radius 3 is 2.30 bits per heavy atom. The number of rotatable bonds is 4. The normalized spacial score (nSPS) is 10.8. The fraction of sp³-hybridized carbons (Fsp3) is 0.0625. The van der Waals surface area contributed by atoms with E-state index in [1.165, 1.54) is 6.07 Å². The van der Waals surface area contributed by atoms with E-state index in [9.17, 15) is 0 Å². The van der Waals surface area contributed by atoms with Crippen LogP contribution in [0.3, 0.4) is 0 Å². The maximum Gasteiger partial charge on any atom is 0.174 e. The molecule has 0 N–H and O–H groups in total. The van der Waals surface area contributed by atoms with Crippen molar-refractivity contribution in [2.24, 2.45) is 0 Å². The first-order valence-corrected chi connectivity index (χ1v) is 8.03. The summed E-state index contributed by atoms with van der Waals surface area (Å²) in [6.07, 6.45) is 0. The molecule has 0 amide bonds. The standard InChI is InChI=1S/C16H9Cl4NO2/c17-10-3-1-9(2-4-10)15-5-11(23-21-15)8-22-16-7-13(19)12(18)6-14(16)20/h1-7H,8H2. The summed E-state index contributed by atoms with van der Waals surface area (Å²) < 4.78 is 10.9. The Bertz CT molecular complexity index is 831. The zero-order valence-electron chi connectivity index (χ0n) is 11.5. The second-order valence-corrected chi connectivity index (χ2v) is 6.33. The van der Waals surface area contributed by atoms with E-state index < -0.39 is 0 Å². The molecule has 0 spiro atoms. The van der Waals surface area contributed by atoms with Gasteiger partial charge in [0.2, 0.25) is 0 Å². The molecule has 0 aliphatic carbocycles. The average Bonchev–Trinajstić information content (AvgIpc) is 2.99. The minimum absolute atomic E-state index is 0.165. The maximum absolute atomic E-state index is 6.06.